The van der Waals surface area contributed by atoms with E-state index in [9.17, 15) is 9.50 Å². The lowest BCUT2D eigenvalue weighted by molar-refractivity contribution is 0.0242. The van der Waals surface area contributed by atoms with E-state index in [0.29, 0.717) is 24.4 Å². The molecule has 0 radical (unpaired) electrons. The van der Waals surface area contributed by atoms with Gasteiger partial charge in [0.1, 0.15) is 17.4 Å². The second-order valence-corrected chi connectivity index (χ2v) is 8.04. The van der Waals surface area contributed by atoms with Gasteiger partial charge in [-0.15, -0.1) is 0 Å². The molecule has 2 aliphatic heterocycles. The Balaban J connectivity index is 1.40. The van der Waals surface area contributed by atoms with Gasteiger partial charge in [0.15, 0.2) is 0 Å². The van der Waals surface area contributed by atoms with E-state index in [-0.39, 0.29) is 17.3 Å². The summed E-state index contributed by atoms with van der Waals surface area (Å²) in [4.78, 5) is 13.0. The van der Waals surface area contributed by atoms with Crippen LogP contribution in [-0.2, 0) is 6.54 Å². The molecule has 2 aromatic rings. The maximum absolute atomic E-state index is 14.3. The van der Waals surface area contributed by atoms with Crippen LogP contribution < -0.4 is 9.64 Å². The van der Waals surface area contributed by atoms with E-state index in [2.05, 4.69) is 19.8 Å². The number of methoxy groups -OCH3 is 1. The largest absolute Gasteiger partial charge is 0.497 e. The van der Waals surface area contributed by atoms with Gasteiger partial charge in [-0.25, -0.2) is 9.37 Å². The first-order chi connectivity index (χ1) is 13.6. The average Bonchev–Trinajstić information content (AvgIpc) is 2.71. The predicted octanol–water partition coefficient (Wildman–Crippen LogP) is 2.48. The van der Waals surface area contributed by atoms with Crippen molar-refractivity contribution in [1.29, 1.82) is 0 Å². The van der Waals surface area contributed by atoms with E-state index < -0.39 is 0 Å². The molecule has 28 heavy (non-hydrogen) atoms. The number of piperidine rings is 2. The van der Waals surface area contributed by atoms with Crippen molar-refractivity contribution in [3.63, 3.8) is 0 Å². The summed E-state index contributed by atoms with van der Waals surface area (Å²) in [6, 6.07) is 5.05. The molecule has 150 valence electrons. The van der Waals surface area contributed by atoms with Crippen LogP contribution in [0.3, 0.4) is 0 Å². The number of nitrogens with zero attached hydrogens (tertiary/aromatic N) is 4. The number of halogens is 1. The van der Waals surface area contributed by atoms with Crippen LogP contribution in [0.15, 0.2) is 36.8 Å². The van der Waals surface area contributed by atoms with Crippen molar-refractivity contribution in [2.45, 2.75) is 31.9 Å². The Labute approximate surface area is 165 Å². The van der Waals surface area contributed by atoms with Crippen LogP contribution in [-0.4, -0.2) is 59.4 Å². The first-order valence-electron chi connectivity index (χ1n) is 9.81. The Bertz CT molecular complexity index is 796. The first-order valence-corrected chi connectivity index (χ1v) is 9.81. The second kappa shape index (κ2) is 8.01. The lowest BCUT2D eigenvalue weighted by Crippen LogP contribution is -2.54. The molecule has 0 saturated carbocycles. The van der Waals surface area contributed by atoms with Gasteiger partial charge in [-0.2, -0.15) is 0 Å². The third-order valence-electron chi connectivity index (χ3n) is 6.07. The van der Waals surface area contributed by atoms with Crippen molar-refractivity contribution in [3.8, 4) is 5.75 Å². The third-order valence-corrected chi connectivity index (χ3v) is 6.07. The van der Waals surface area contributed by atoms with Gasteiger partial charge in [-0.3, -0.25) is 9.88 Å². The summed E-state index contributed by atoms with van der Waals surface area (Å²) in [7, 11) is 1.54. The smallest absolute Gasteiger partial charge is 0.147 e. The van der Waals surface area contributed by atoms with Crippen LogP contribution >= 0.6 is 0 Å². The molecule has 1 spiro atoms. The number of aliphatic hydroxyl groups excluding tert-OH is 1. The quantitative estimate of drug-likeness (QED) is 0.871. The van der Waals surface area contributed by atoms with Crippen molar-refractivity contribution < 1.29 is 14.2 Å². The molecule has 1 aromatic heterocycles. The number of rotatable bonds is 4. The zero-order valence-electron chi connectivity index (χ0n) is 16.2. The molecule has 3 heterocycles. The third kappa shape index (κ3) is 4.10. The van der Waals surface area contributed by atoms with Crippen molar-refractivity contribution in [2.75, 3.05) is 38.2 Å². The fourth-order valence-electron chi connectivity index (χ4n) is 4.55. The highest BCUT2D eigenvalue weighted by atomic mass is 19.1. The van der Waals surface area contributed by atoms with Gasteiger partial charge in [0, 0.05) is 43.7 Å². The van der Waals surface area contributed by atoms with Crippen LogP contribution in [0.4, 0.5) is 10.2 Å². The van der Waals surface area contributed by atoms with Crippen molar-refractivity contribution in [3.05, 3.63) is 48.2 Å². The molecule has 1 unspecified atom stereocenters. The average molecular weight is 386 g/mol. The molecule has 1 atom stereocenters. The second-order valence-electron chi connectivity index (χ2n) is 8.04. The number of ether oxygens (including phenoxy) is 1. The van der Waals surface area contributed by atoms with Gasteiger partial charge < -0.3 is 14.7 Å². The Kier molecular flexibility index (Phi) is 5.46. The summed E-state index contributed by atoms with van der Waals surface area (Å²) in [5, 5.41) is 10.5. The van der Waals surface area contributed by atoms with Crippen LogP contribution in [0.1, 0.15) is 24.8 Å². The number of benzene rings is 1. The number of aliphatic hydroxyl groups is 1. The van der Waals surface area contributed by atoms with E-state index >= 15 is 0 Å². The number of hydrogen-bond acceptors (Lipinski definition) is 6. The topological polar surface area (TPSA) is 61.7 Å². The molecule has 2 fully saturated rings. The normalized spacial score (nSPS) is 22.4. The summed E-state index contributed by atoms with van der Waals surface area (Å²) in [5.41, 5.74) is 0.769. The lowest BCUT2D eigenvalue weighted by atomic mass is 9.71. The SMILES string of the molecule is COc1ccc(CN2CCC3(CC2)CC(O)CN(c2cnccn2)C3)c(F)c1. The molecular formula is C21H27FN4O2. The highest BCUT2D eigenvalue weighted by molar-refractivity contribution is 5.37. The highest BCUT2D eigenvalue weighted by Gasteiger charge is 2.42. The van der Waals surface area contributed by atoms with Crippen molar-refractivity contribution in [1.82, 2.24) is 14.9 Å². The van der Waals surface area contributed by atoms with Crippen LogP contribution in [0.2, 0.25) is 0 Å². The van der Waals surface area contributed by atoms with Gasteiger partial charge >= 0.3 is 0 Å². The van der Waals surface area contributed by atoms with E-state index in [1.165, 1.54) is 6.07 Å². The fraction of sp³-hybridized carbons (Fsp3) is 0.524. The van der Waals surface area contributed by atoms with Crippen molar-refractivity contribution >= 4 is 5.82 Å². The summed E-state index contributed by atoms with van der Waals surface area (Å²) < 4.78 is 19.4. The molecule has 1 aromatic carbocycles. The number of likely N-dealkylation sites (tertiary alicyclic amines) is 1. The van der Waals surface area contributed by atoms with Gasteiger partial charge in [-0.1, -0.05) is 6.07 Å². The van der Waals surface area contributed by atoms with Crippen LogP contribution in [0.25, 0.3) is 0 Å². The summed E-state index contributed by atoms with van der Waals surface area (Å²) in [6.45, 7) is 3.87. The molecule has 2 saturated heterocycles. The van der Waals surface area contributed by atoms with E-state index in [1.54, 1.807) is 37.8 Å². The predicted molar refractivity (Wildman–Crippen MR) is 105 cm³/mol. The lowest BCUT2D eigenvalue weighted by Gasteiger charge is -2.49. The minimum absolute atomic E-state index is 0.0736. The van der Waals surface area contributed by atoms with E-state index in [0.717, 1.165) is 44.7 Å². The van der Waals surface area contributed by atoms with Gasteiger partial charge in [0.05, 0.1) is 19.4 Å². The highest BCUT2D eigenvalue weighted by Crippen LogP contribution is 2.41. The van der Waals surface area contributed by atoms with E-state index in [1.807, 2.05) is 0 Å². The minimum atomic E-state index is -0.360. The Hall–Kier alpha value is -2.25. The molecule has 1 N–H and O–H groups in total. The molecular weight excluding hydrogens is 359 g/mol. The van der Waals surface area contributed by atoms with Gasteiger partial charge in [0.2, 0.25) is 0 Å². The Morgan fingerprint density at radius 1 is 1.29 bits per heavy atom. The van der Waals surface area contributed by atoms with Gasteiger partial charge in [-0.05, 0) is 43.8 Å². The summed E-state index contributed by atoms with van der Waals surface area (Å²) in [6.07, 6.45) is 7.53. The number of β-amino-alcohol motifs (C(OH)–C–C–N with tert-alkyl or cyclic N) is 1. The summed E-state index contributed by atoms with van der Waals surface area (Å²) in [5.74, 6) is 1.14. The van der Waals surface area contributed by atoms with Gasteiger partial charge in [0.25, 0.3) is 0 Å². The Morgan fingerprint density at radius 2 is 2.11 bits per heavy atom. The molecule has 0 aliphatic carbocycles. The molecule has 2 aliphatic rings. The molecule has 0 amide bonds. The number of anilines is 1. The van der Waals surface area contributed by atoms with Crippen molar-refractivity contribution in [2.24, 2.45) is 5.41 Å². The van der Waals surface area contributed by atoms with Crippen LogP contribution in [0.5, 0.6) is 5.75 Å². The molecule has 4 rings (SSSR count). The zero-order chi connectivity index (χ0) is 19.6. The van der Waals surface area contributed by atoms with E-state index in [4.69, 9.17) is 4.74 Å². The first kappa shape index (κ1) is 19.1. The number of hydrogen-bond donors (Lipinski definition) is 1. The minimum Gasteiger partial charge on any atom is -0.497 e. The zero-order valence-corrected chi connectivity index (χ0v) is 16.2. The monoisotopic (exact) mass is 386 g/mol. The molecule has 6 nitrogen and oxygen atoms in total. The number of aromatic nitrogens is 2. The Morgan fingerprint density at radius 3 is 2.79 bits per heavy atom. The molecule has 0 bridgehead atoms. The maximum Gasteiger partial charge on any atom is 0.147 e. The summed E-state index contributed by atoms with van der Waals surface area (Å²) >= 11 is 0. The fourth-order valence-corrected chi connectivity index (χ4v) is 4.55. The van der Waals surface area contributed by atoms with Crippen LogP contribution in [0, 0.1) is 11.2 Å². The maximum atomic E-state index is 14.3. The standard InChI is InChI=1S/C21H27FN4O2/c1-28-18-3-2-16(19(22)10-18)13-25-8-4-21(5-9-25)11-17(27)14-26(15-21)20-12-23-6-7-24-20/h2-3,6-7,10,12,17,27H,4-5,8-9,11,13-15H2,1H3. The molecule has 7 heteroatoms.